The molecular formula is C17H19NO3. The summed E-state index contributed by atoms with van der Waals surface area (Å²) in [5, 5.41) is 11.1. The zero-order valence-electron chi connectivity index (χ0n) is 12.1. The predicted octanol–water partition coefficient (Wildman–Crippen LogP) is 3.15. The maximum absolute atomic E-state index is 11.4. The number of carbonyl (C=O) groups is 1. The summed E-state index contributed by atoms with van der Waals surface area (Å²) in [6, 6.07) is 11.7. The van der Waals surface area contributed by atoms with Crippen LogP contribution in [0.15, 0.2) is 36.4 Å². The Morgan fingerprint density at radius 2 is 2.05 bits per heavy atom. The van der Waals surface area contributed by atoms with E-state index < -0.39 is 5.97 Å². The van der Waals surface area contributed by atoms with E-state index in [0.717, 1.165) is 36.0 Å². The standard InChI is InChI=1S/C17H19NO3/c1-2-12-11-21-10-9-18(12)16-8-7-15(17(19)20)13-5-3-4-6-14(13)16/h3-8,12H,2,9-11H2,1H3,(H,19,20). The number of fused-ring (bicyclic) bond motifs is 1. The maximum Gasteiger partial charge on any atom is 0.336 e. The first-order valence-corrected chi connectivity index (χ1v) is 7.31. The highest BCUT2D eigenvalue weighted by atomic mass is 16.5. The highest BCUT2D eigenvalue weighted by Gasteiger charge is 2.24. The van der Waals surface area contributed by atoms with Crippen LogP contribution >= 0.6 is 0 Å². The Bertz CT molecular complexity index is 668. The normalized spacial score (nSPS) is 18.9. The Labute approximate surface area is 123 Å². The number of nitrogens with zero attached hydrogens (tertiary/aromatic N) is 1. The lowest BCUT2D eigenvalue weighted by atomic mass is 10.0. The molecule has 1 aliphatic rings. The summed E-state index contributed by atoms with van der Waals surface area (Å²) in [6.07, 6.45) is 1.01. The molecule has 0 amide bonds. The minimum absolute atomic E-state index is 0.345. The molecule has 110 valence electrons. The lowest BCUT2D eigenvalue weighted by Gasteiger charge is -2.37. The minimum Gasteiger partial charge on any atom is -0.478 e. The zero-order valence-corrected chi connectivity index (χ0v) is 12.1. The SMILES string of the molecule is CCC1COCCN1c1ccc(C(=O)O)c2ccccc12. The quantitative estimate of drug-likeness (QED) is 0.941. The van der Waals surface area contributed by atoms with Crippen molar-refractivity contribution < 1.29 is 14.6 Å². The van der Waals surface area contributed by atoms with Gasteiger partial charge < -0.3 is 14.7 Å². The van der Waals surface area contributed by atoms with E-state index in [-0.39, 0.29) is 0 Å². The van der Waals surface area contributed by atoms with Crippen molar-refractivity contribution in [1.82, 2.24) is 0 Å². The third-order valence-electron chi connectivity index (χ3n) is 4.14. The summed E-state index contributed by atoms with van der Waals surface area (Å²) >= 11 is 0. The van der Waals surface area contributed by atoms with Crippen LogP contribution in [0.2, 0.25) is 0 Å². The van der Waals surface area contributed by atoms with Crippen molar-refractivity contribution in [3.05, 3.63) is 42.0 Å². The van der Waals surface area contributed by atoms with Gasteiger partial charge in [0.2, 0.25) is 0 Å². The monoisotopic (exact) mass is 285 g/mol. The summed E-state index contributed by atoms with van der Waals surface area (Å²) in [6.45, 7) is 4.44. The van der Waals surface area contributed by atoms with Gasteiger partial charge in [0.1, 0.15) is 0 Å². The van der Waals surface area contributed by atoms with E-state index in [1.165, 1.54) is 0 Å². The molecule has 1 heterocycles. The molecule has 4 nitrogen and oxygen atoms in total. The summed E-state index contributed by atoms with van der Waals surface area (Å²) in [7, 11) is 0. The highest BCUT2D eigenvalue weighted by Crippen LogP contribution is 2.32. The van der Waals surface area contributed by atoms with Crippen LogP contribution in [0.3, 0.4) is 0 Å². The van der Waals surface area contributed by atoms with Crippen molar-refractivity contribution in [3.8, 4) is 0 Å². The van der Waals surface area contributed by atoms with Gasteiger partial charge in [-0.05, 0) is 23.9 Å². The Balaban J connectivity index is 2.15. The predicted molar refractivity (Wildman–Crippen MR) is 83.2 cm³/mol. The second kappa shape index (κ2) is 5.74. The first-order chi connectivity index (χ1) is 10.2. The fourth-order valence-corrected chi connectivity index (χ4v) is 3.03. The first kappa shape index (κ1) is 13.9. The van der Waals surface area contributed by atoms with Gasteiger partial charge in [-0.15, -0.1) is 0 Å². The number of hydrogen-bond acceptors (Lipinski definition) is 3. The number of morpholine rings is 1. The molecular weight excluding hydrogens is 266 g/mol. The fraction of sp³-hybridized carbons (Fsp3) is 0.353. The van der Waals surface area contributed by atoms with E-state index in [0.29, 0.717) is 18.2 Å². The van der Waals surface area contributed by atoms with Crippen LogP contribution in [-0.2, 0) is 4.74 Å². The third kappa shape index (κ3) is 2.47. The summed E-state index contributed by atoms with van der Waals surface area (Å²) in [5.41, 5.74) is 1.46. The second-order valence-electron chi connectivity index (χ2n) is 5.31. The zero-order chi connectivity index (χ0) is 14.8. The van der Waals surface area contributed by atoms with E-state index in [4.69, 9.17) is 4.74 Å². The number of carboxylic acid groups (broad SMARTS) is 1. The molecule has 0 radical (unpaired) electrons. The Morgan fingerprint density at radius 1 is 1.29 bits per heavy atom. The van der Waals surface area contributed by atoms with Crippen molar-refractivity contribution in [3.63, 3.8) is 0 Å². The summed E-state index contributed by atoms with van der Waals surface area (Å²) < 4.78 is 5.56. The first-order valence-electron chi connectivity index (χ1n) is 7.31. The Hall–Kier alpha value is -2.07. The molecule has 1 fully saturated rings. The lowest BCUT2D eigenvalue weighted by molar-refractivity contribution is 0.0699. The van der Waals surface area contributed by atoms with Crippen LogP contribution in [0.1, 0.15) is 23.7 Å². The van der Waals surface area contributed by atoms with Crippen molar-refractivity contribution in [2.24, 2.45) is 0 Å². The van der Waals surface area contributed by atoms with Gasteiger partial charge in [0.05, 0.1) is 24.8 Å². The number of ether oxygens (including phenoxy) is 1. The molecule has 0 saturated carbocycles. The van der Waals surface area contributed by atoms with Gasteiger partial charge in [-0.25, -0.2) is 4.79 Å². The number of hydrogen-bond donors (Lipinski definition) is 1. The second-order valence-corrected chi connectivity index (χ2v) is 5.31. The molecule has 1 aliphatic heterocycles. The molecule has 4 heteroatoms. The highest BCUT2D eigenvalue weighted by molar-refractivity contribution is 6.07. The molecule has 1 N–H and O–H groups in total. The fourth-order valence-electron chi connectivity index (χ4n) is 3.03. The van der Waals surface area contributed by atoms with Crippen LogP contribution in [0.25, 0.3) is 10.8 Å². The van der Waals surface area contributed by atoms with Crippen molar-refractivity contribution in [2.45, 2.75) is 19.4 Å². The van der Waals surface area contributed by atoms with Crippen molar-refractivity contribution in [1.29, 1.82) is 0 Å². The molecule has 0 bridgehead atoms. The largest absolute Gasteiger partial charge is 0.478 e. The topological polar surface area (TPSA) is 49.8 Å². The molecule has 0 aromatic heterocycles. The van der Waals surface area contributed by atoms with Crippen LogP contribution in [0.4, 0.5) is 5.69 Å². The van der Waals surface area contributed by atoms with Gasteiger partial charge in [0, 0.05) is 17.6 Å². The number of carboxylic acids is 1. The molecule has 1 unspecified atom stereocenters. The summed E-state index contributed by atoms with van der Waals surface area (Å²) in [4.78, 5) is 13.7. The smallest absolute Gasteiger partial charge is 0.336 e. The van der Waals surface area contributed by atoms with Gasteiger partial charge in [0.15, 0.2) is 0 Å². The number of anilines is 1. The Kier molecular flexibility index (Phi) is 3.80. The molecule has 2 aromatic rings. The number of aromatic carboxylic acids is 1. The van der Waals surface area contributed by atoms with Crippen LogP contribution in [-0.4, -0.2) is 36.9 Å². The van der Waals surface area contributed by atoms with Crippen molar-refractivity contribution >= 4 is 22.4 Å². The van der Waals surface area contributed by atoms with Gasteiger partial charge in [0.25, 0.3) is 0 Å². The van der Waals surface area contributed by atoms with E-state index in [1.54, 1.807) is 6.07 Å². The van der Waals surface area contributed by atoms with Gasteiger partial charge in [-0.1, -0.05) is 31.2 Å². The molecule has 1 saturated heterocycles. The van der Waals surface area contributed by atoms with E-state index >= 15 is 0 Å². The molecule has 21 heavy (non-hydrogen) atoms. The molecule has 1 atom stereocenters. The minimum atomic E-state index is -0.883. The molecule has 2 aromatic carbocycles. The Morgan fingerprint density at radius 3 is 2.76 bits per heavy atom. The van der Waals surface area contributed by atoms with E-state index in [2.05, 4.69) is 11.8 Å². The maximum atomic E-state index is 11.4. The average Bonchev–Trinajstić information content (AvgIpc) is 2.53. The average molecular weight is 285 g/mol. The van der Waals surface area contributed by atoms with Crippen LogP contribution in [0, 0.1) is 0 Å². The lowest BCUT2D eigenvalue weighted by Crippen LogP contribution is -2.45. The van der Waals surface area contributed by atoms with Crippen LogP contribution < -0.4 is 4.90 Å². The third-order valence-corrected chi connectivity index (χ3v) is 4.14. The molecule has 3 rings (SSSR count). The molecule has 0 aliphatic carbocycles. The van der Waals surface area contributed by atoms with E-state index in [1.807, 2.05) is 30.3 Å². The van der Waals surface area contributed by atoms with E-state index in [9.17, 15) is 9.90 Å². The summed E-state index contributed by atoms with van der Waals surface area (Å²) in [5.74, 6) is -0.883. The van der Waals surface area contributed by atoms with Gasteiger partial charge in [-0.3, -0.25) is 0 Å². The number of rotatable bonds is 3. The van der Waals surface area contributed by atoms with Crippen molar-refractivity contribution in [2.75, 3.05) is 24.7 Å². The molecule has 0 spiro atoms. The van der Waals surface area contributed by atoms with Crippen LogP contribution in [0.5, 0.6) is 0 Å². The van der Waals surface area contributed by atoms with Gasteiger partial charge in [-0.2, -0.15) is 0 Å². The number of benzene rings is 2. The van der Waals surface area contributed by atoms with Gasteiger partial charge >= 0.3 is 5.97 Å².